The molecule has 0 fully saturated rings. The number of rotatable bonds is 2. The Morgan fingerprint density at radius 3 is 2.71 bits per heavy atom. The summed E-state index contributed by atoms with van der Waals surface area (Å²) in [6.07, 6.45) is 8.58. The largest absolute Gasteiger partial charge is 0.507 e. The number of benzene rings is 1. The van der Waals surface area contributed by atoms with Gasteiger partial charge in [-0.1, -0.05) is 11.6 Å². The van der Waals surface area contributed by atoms with Crippen LogP contribution in [0.25, 0.3) is 12.2 Å². The molecule has 0 atom stereocenters. The summed E-state index contributed by atoms with van der Waals surface area (Å²) in [5.74, 6) is 0.269. The van der Waals surface area contributed by atoms with E-state index in [1.807, 2.05) is 31.2 Å². The van der Waals surface area contributed by atoms with Crippen LogP contribution in [0.4, 0.5) is 0 Å². The minimum Gasteiger partial charge on any atom is -0.507 e. The third-order valence-electron chi connectivity index (χ3n) is 2.20. The van der Waals surface area contributed by atoms with E-state index in [1.165, 1.54) is 0 Å². The average molecular weight is 249 g/mol. The van der Waals surface area contributed by atoms with Crippen molar-refractivity contribution < 1.29 is 5.11 Å². The van der Waals surface area contributed by atoms with Gasteiger partial charge in [0.15, 0.2) is 0 Å². The maximum absolute atomic E-state index is 9.63. The van der Waals surface area contributed by atoms with Crippen LogP contribution in [-0.4, -0.2) is 15.1 Å². The molecule has 0 saturated heterocycles. The fraction of sp³-hybridized carbons (Fsp3) is 0.0769. The molecule has 3 nitrogen and oxygen atoms in total. The summed E-state index contributed by atoms with van der Waals surface area (Å²) < 4.78 is 0. The molecule has 0 bridgehead atoms. The first-order valence-electron chi connectivity index (χ1n) is 4.99. The predicted molar refractivity (Wildman–Crippen MR) is 71.1 cm³/mol. The summed E-state index contributed by atoms with van der Waals surface area (Å²) >= 11 is 0. The fourth-order valence-corrected chi connectivity index (χ4v) is 1.38. The van der Waals surface area contributed by atoms with Gasteiger partial charge in [0.05, 0.1) is 11.9 Å². The fourth-order valence-electron chi connectivity index (χ4n) is 1.38. The third-order valence-corrected chi connectivity index (χ3v) is 2.20. The van der Waals surface area contributed by atoms with Gasteiger partial charge in [0.25, 0.3) is 0 Å². The lowest BCUT2D eigenvalue weighted by Gasteiger charge is -2.00. The van der Waals surface area contributed by atoms with Gasteiger partial charge in [-0.25, -0.2) is 0 Å². The Morgan fingerprint density at radius 1 is 1.18 bits per heavy atom. The Morgan fingerprint density at radius 2 is 2.00 bits per heavy atom. The van der Waals surface area contributed by atoms with E-state index in [-0.39, 0.29) is 18.2 Å². The van der Waals surface area contributed by atoms with Gasteiger partial charge in [-0.3, -0.25) is 9.97 Å². The second kappa shape index (κ2) is 6.01. The van der Waals surface area contributed by atoms with Crippen molar-refractivity contribution in [2.45, 2.75) is 6.92 Å². The first-order chi connectivity index (χ1) is 7.75. The number of aromatic nitrogens is 2. The Labute approximate surface area is 106 Å². The van der Waals surface area contributed by atoms with Gasteiger partial charge in [-0.2, -0.15) is 0 Å². The van der Waals surface area contributed by atoms with E-state index in [4.69, 9.17) is 0 Å². The molecule has 0 spiro atoms. The second-order valence-electron chi connectivity index (χ2n) is 3.53. The van der Waals surface area contributed by atoms with E-state index in [0.717, 1.165) is 16.8 Å². The van der Waals surface area contributed by atoms with Crippen LogP contribution in [0.1, 0.15) is 16.8 Å². The molecule has 1 aromatic heterocycles. The average Bonchev–Trinajstić information content (AvgIpc) is 2.32. The molecule has 2 rings (SSSR count). The van der Waals surface area contributed by atoms with Gasteiger partial charge < -0.3 is 5.11 Å². The number of halogens is 1. The molecule has 0 saturated carbocycles. The number of hydrogen-bond donors (Lipinski definition) is 1. The number of aromatic hydroxyl groups is 1. The van der Waals surface area contributed by atoms with E-state index in [0.29, 0.717) is 0 Å². The molecule has 1 N–H and O–H groups in total. The molecule has 0 unspecified atom stereocenters. The summed E-state index contributed by atoms with van der Waals surface area (Å²) in [5, 5.41) is 9.63. The molecule has 88 valence electrons. The maximum atomic E-state index is 9.63. The van der Waals surface area contributed by atoms with Crippen molar-refractivity contribution in [2.24, 2.45) is 0 Å². The Balaban J connectivity index is 0.00000144. The molecule has 0 amide bonds. The van der Waals surface area contributed by atoms with Crippen molar-refractivity contribution in [2.75, 3.05) is 0 Å². The van der Waals surface area contributed by atoms with E-state index in [2.05, 4.69) is 9.97 Å². The van der Waals surface area contributed by atoms with Crippen molar-refractivity contribution in [1.82, 2.24) is 9.97 Å². The maximum Gasteiger partial charge on any atom is 0.122 e. The van der Waals surface area contributed by atoms with Crippen LogP contribution in [0.5, 0.6) is 5.75 Å². The monoisotopic (exact) mass is 248 g/mol. The molecule has 1 heterocycles. The molecule has 0 aliphatic carbocycles. The van der Waals surface area contributed by atoms with Gasteiger partial charge in [0.1, 0.15) is 5.75 Å². The lowest BCUT2D eigenvalue weighted by molar-refractivity contribution is 0.474. The van der Waals surface area contributed by atoms with Crippen molar-refractivity contribution in [3.63, 3.8) is 0 Å². The zero-order valence-electron chi connectivity index (χ0n) is 9.37. The van der Waals surface area contributed by atoms with Crippen LogP contribution >= 0.6 is 12.4 Å². The zero-order valence-corrected chi connectivity index (χ0v) is 10.2. The predicted octanol–water partition coefficient (Wildman–Crippen LogP) is 3.08. The van der Waals surface area contributed by atoms with Crippen LogP contribution in [0.15, 0.2) is 36.8 Å². The lowest BCUT2D eigenvalue weighted by atomic mass is 10.1. The summed E-state index contributed by atoms with van der Waals surface area (Å²) in [4.78, 5) is 8.08. The van der Waals surface area contributed by atoms with Crippen LogP contribution in [0, 0.1) is 6.92 Å². The minimum absolute atomic E-state index is 0. The zero-order chi connectivity index (χ0) is 11.4. The molecule has 17 heavy (non-hydrogen) atoms. The van der Waals surface area contributed by atoms with Gasteiger partial charge in [0, 0.05) is 18.0 Å². The van der Waals surface area contributed by atoms with Crippen LogP contribution in [0.2, 0.25) is 0 Å². The van der Waals surface area contributed by atoms with E-state index in [1.54, 1.807) is 24.7 Å². The molecule has 2 aromatic rings. The quantitative estimate of drug-likeness (QED) is 0.888. The molecular weight excluding hydrogens is 236 g/mol. The number of phenols is 1. The standard InChI is InChI=1S/C13H12N2O.ClH/c1-10-2-5-13(16)11(8-10)3-4-12-9-14-6-7-15-12;/h2-9,16H,1H3;1H. The van der Waals surface area contributed by atoms with E-state index in [9.17, 15) is 5.11 Å². The smallest absolute Gasteiger partial charge is 0.122 e. The third kappa shape index (κ3) is 3.57. The SMILES string of the molecule is Cc1ccc(O)c(C=Cc2cnccn2)c1.Cl. The summed E-state index contributed by atoms with van der Waals surface area (Å²) in [6.45, 7) is 1.99. The second-order valence-corrected chi connectivity index (χ2v) is 3.53. The van der Waals surface area contributed by atoms with Crippen molar-refractivity contribution in [3.8, 4) is 5.75 Å². The van der Waals surface area contributed by atoms with E-state index < -0.39 is 0 Å². The molecule has 1 aromatic carbocycles. The van der Waals surface area contributed by atoms with E-state index >= 15 is 0 Å². The molecule has 0 aliphatic heterocycles. The highest BCUT2D eigenvalue weighted by Gasteiger charge is 1.96. The highest BCUT2D eigenvalue weighted by molar-refractivity contribution is 5.85. The molecular formula is C13H13ClN2O. The number of nitrogens with zero attached hydrogens (tertiary/aromatic N) is 2. The Hall–Kier alpha value is -1.87. The number of phenolic OH excluding ortho intramolecular Hbond substituents is 1. The summed E-state index contributed by atoms with van der Waals surface area (Å²) in [7, 11) is 0. The molecule has 4 heteroatoms. The van der Waals surface area contributed by atoms with Crippen LogP contribution in [-0.2, 0) is 0 Å². The highest BCUT2D eigenvalue weighted by atomic mass is 35.5. The lowest BCUT2D eigenvalue weighted by Crippen LogP contribution is -1.81. The normalized spacial score (nSPS) is 10.2. The van der Waals surface area contributed by atoms with Gasteiger partial charge in [-0.05, 0) is 31.2 Å². The number of aryl methyl sites for hydroxylation is 1. The molecule has 0 aliphatic rings. The molecule has 0 radical (unpaired) electrons. The van der Waals surface area contributed by atoms with Crippen molar-refractivity contribution >= 4 is 24.6 Å². The van der Waals surface area contributed by atoms with Gasteiger partial charge >= 0.3 is 0 Å². The van der Waals surface area contributed by atoms with Crippen molar-refractivity contribution in [1.29, 1.82) is 0 Å². The first-order valence-corrected chi connectivity index (χ1v) is 4.99. The minimum atomic E-state index is 0. The van der Waals surface area contributed by atoms with Gasteiger partial charge in [-0.15, -0.1) is 12.4 Å². The number of hydrogen-bond acceptors (Lipinski definition) is 3. The highest BCUT2D eigenvalue weighted by Crippen LogP contribution is 2.20. The summed E-state index contributed by atoms with van der Waals surface area (Å²) in [5.41, 5.74) is 2.66. The topological polar surface area (TPSA) is 46.0 Å². The van der Waals surface area contributed by atoms with Gasteiger partial charge in [0.2, 0.25) is 0 Å². The first kappa shape index (κ1) is 13.2. The Kier molecular flexibility index (Phi) is 4.67. The van der Waals surface area contributed by atoms with Crippen LogP contribution < -0.4 is 0 Å². The summed E-state index contributed by atoms with van der Waals surface area (Å²) in [6, 6.07) is 5.48. The van der Waals surface area contributed by atoms with Crippen LogP contribution in [0.3, 0.4) is 0 Å². The Bertz CT molecular complexity index is 512. The van der Waals surface area contributed by atoms with Crippen molar-refractivity contribution in [3.05, 3.63) is 53.6 Å².